The van der Waals surface area contributed by atoms with Crippen molar-refractivity contribution in [2.75, 3.05) is 11.4 Å². The van der Waals surface area contributed by atoms with Crippen molar-refractivity contribution in [1.82, 2.24) is 14.9 Å². The zero-order valence-electron chi connectivity index (χ0n) is 12.4. The van der Waals surface area contributed by atoms with Crippen LogP contribution < -0.4 is 4.90 Å². The van der Waals surface area contributed by atoms with Gasteiger partial charge in [-0.15, -0.1) is 0 Å². The molecule has 0 radical (unpaired) electrons. The molecule has 0 fully saturated rings. The van der Waals surface area contributed by atoms with Gasteiger partial charge < -0.3 is 10.0 Å². The third-order valence-electron chi connectivity index (χ3n) is 4.43. The number of hydrogen-bond donors (Lipinski definition) is 1. The van der Waals surface area contributed by atoms with Gasteiger partial charge in [-0.3, -0.25) is 4.90 Å². The van der Waals surface area contributed by atoms with Gasteiger partial charge in [0, 0.05) is 18.7 Å². The first-order valence-corrected chi connectivity index (χ1v) is 7.84. The Balaban J connectivity index is 1.70. The van der Waals surface area contributed by atoms with Gasteiger partial charge in [0.15, 0.2) is 0 Å². The highest BCUT2D eigenvalue weighted by atomic mass is 35.5. The summed E-state index contributed by atoms with van der Waals surface area (Å²) in [6.45, 7) is 2.17. The van der Waals surface area contributed by atoms with Crippen LogP contribution in [0.3, 0.4) is 0 Å². The van der Waals surface area contributed by atoms with E-state index in [1.54, 1.807) is 0 Å². The molecule has 0 saturated carbocycles. The lowest BCUT2D eigenvalue weighted by molar-refractivity contribution is 0.145. The lowest BCUT2D eigenvalue weighted by Gasteiger charge is -2.31. The van der Waals surface area contributed by atoms with E-state index in [2.05, 4.69) is 33.1 Å². The Labute approximate surface area is 138 Å². The molecule has 23 heavy (non-hydrogen) atoms. The van der Waals surface area contributed by atoms with E-state index >= 15 is 0 Å². The first kappa shape index (κ1) is 14.3. The number of rotatable bonds is 1. The molecular weight excluding hydrogens is 316 g/mol. The number of carbonyl (C=O) groups is 1. The average molecular weight is 331 g/mol. The fraction of sp³-hybridized carbons (Fsp3) is 0.312. The Bertz CT molecular complexity index is 796. The number of aromatic nitrogens is 2. The number of benzene rings is 1. The maximum atomic E-state index is 11.2. The summed E-state index contributed by atoms with van der Waals surface area (Å²) in [7, 11) is 0. The van der Waals surface area contributed by atoms with Gasteiger partial charge in [-0.05, 0) is 29.1 Å². The third-order valence-corrected chi connectivity index (χ3v) is 4.60. The molecule has 0 aliphatic carbocycles. The van der Waals surface area contributed by atoms with Gasteiger partial charge in [-0.25, -0.2) is 14.8 Å². The van der Waals surface area contributed by atoms with Crippen LogP contribution in [0.4, 0.5) is 10.6 Å². The number of carboxylic acid groups (broad SMARTS) is 1. The van der Waals surface area contributed by atoms with Crippen LogP contribution in [0.5, 0.6) is 0 Å². The van der Waals surface area contributed by atoms with E-state index in [9.17, 15) is 9.90 Å². The van der Waals surface area contributed by atoms with Crippen molar-refractivity contribution in [1.29, 1.82) is 0 Å². The normalized spacial score (nSPS) is 16.2. The Morgan fingerprint density at radius 1 is 1.13 bits per heavy atom. The smallest absolute Gasteiger partial charge is 0.407 e. The number of hydrogen-bond acceptors (Lipinski definition) is 4. The minimum atomic E-state index is -0.950. The van der Waals surface area contributed by atoms with E-state index in [0.717, 1.165) is 30.9 Å². The minimum Gasteiger partial charge on any atom is -0.465 e. The summed E-state index contributed by atoms with van der Waals surface area (Å²) in [4.78, 5) is 23.3. The summed E-state index contributed by atoms with van der Waals surface area (Å²) in [6, 6.07) is 8.36. The van der Waals surface area contributed by atoms with E-state index in [0.29, 0.717) is 12.2 Å². The molecule has 1 aromatic heterocycles. The molecule has 0 atom stereocenters. The third kappa shape index (κ3) is 2.49. The van der Waals surface area contributed by atoms with Crippen molar-refractivity contribution in [3.8, 4) is 0 Å². The lowest BCUT2D eigenvalue weighted by atomic mass is 9.99. The van der Waals surface area contributed by atoms with Crippen LogP contribution >= 0.6 is 11.6 Å². The van der Waals surface area contributed by atoms with E-state index < -0.39 is 6.09 Å². The minimum absolute atomic E-state index is 0.171. The average Bonchev–Trinajstić information content (AvgIpc) is 2.97. The second-order valence-electron chi connectivity index (χ2n) is 5.82. The zero-order valence-corrected chi connectivity index (χ0v) is 13.1. The Morgan fingerprint density at radius 2 is 1.91 bits per heavy atom. The second-order valence-corrected chi connectivity index (χ2v) is 6.16. The van der Waals surface area contributed by atoms with E-state index in [1.165, 1.54) is 16.0 Å². The lowest BCUT2D eigenvalue weighted by Crippen LogP contribution is -2.32. The molecule has 0 saturated heterocycles. The molecule has 0 unspecified atom stereocenters. The number of fused-ring (bicyclic) bond motifs is 2. The van der Waals surface area contributed by atoms with Crippen LogP contribution in [0.2, 0.25) is 5.28 Å². The molecule has 0 bridgehead atoms. The molecule has 3 heterocycles. The quantitative estimate of drug-likeness (QED) is 0.814. The maximum absolute atomic E-state index is 11.2. The fourth-order valence-electron chi connectivity index (χ4n) is 3.28. The monoisotopic (exact) mass is 330 g/mol. The molecule has 2 aliphatic heterocycles. The topological polar surface area (TPSA) is 69.6 Å². The molecule has 4 rings (SSSR count). The molecular formula is C16H15ClN4O2. The van der Waals surface area contributed by atoms with Crippen molar-refractivity contribution >= 4 is 23.5 Å². The van der Waals surface area contributed by atoms with Gasteiger partial charge in [-0.1, -0.05) is 24.3 Å². The van der Waals surface area contributed by atoms with Crippen LogP contribution in [0.15, 0.2) is 24.3 Å². The highest BCUT2D eigenvalue weighted by Crippen LogP contribution is 2.33. The summed E-state index contributed by atoms with van der Waals surface area (Å²) >= 11 is 6.06. The molecule has 6 nitrogen and oxygen atoms in total. The Kier molecular flexibility index (Phi) is 3.34. The summed E-state index contributed by atoms with van der Waals surface area (Å²) in [6.07, 6.45) is -0.0102. The van der Waals surface area contributed by atoms with E-state index in [-0.39, 0.29) is 11.8 Å². The molecule has 0 spiro atoms. The summed E-state index contributed by atoms with van der Waals surface area (Å²) in [5, 5.41) is 9.39. The SMILES string of the molecule is O=C(O)N1Cc2nc(Cl)nc(N3CCc4ccccc4C3)c2C1. The van der Waals surface area contributed by atoms with Crippen molar-refractivity contribution in [2.45, 2.75) is 26.1 Å². The standard InChI is InChI=1S/C16H15ClN4O2/c17-15-18-13-9-21(16(22)23)8-12(13)14(19-15)20-6-5-10-3-1-2-4-11(10)7-20/h1-4H,5-9H2,(H,22,23). The van der Waals surface area contributed by atoms with Crippen LogP contribution in [-0.4, -0.2) is 32.6 Å². The highest BCUT2D eigenvalue weighted by Gasteiger charge is 2.30. The van der Waals surface area contributed by atoms with E-state index in [4.69, 9.17) is 11.6 Å². The Hall–Kier alpha value is -2.34. The number of nitrogens with zero attached hydrogens (tertiary/aromatic N) is 4. The summed E-state index contributed by atoms with van der Waals surface area (Å²) in [5.41, 5.74) is 4.21. The van der Waals surface area contributed by atoms with Gasteiger partial charge in [0.25, 0.3) is 0 Å². The van der Waals surface area contributed by atoms with Crippen LogP contribution in [0.1, 0.15) is 22.4 Å². The van der Waals surface area contributed by atoms with Crippen molar-refractivity contribution < 1.29 is 9.90 Å². The Morgan fingerprint density at radius 3 is 2.70 bits per heavy atom. The summed E-state index contributed by atoms with van der Waals surface area (Å²) in [5.74, 6) is 0.762. The van der Waals surface area contributed by atoms with Crippen LogP contribution in [0.25, 0.3) is 0 Å². The first-order valence-electron chi connectivity index (χ1n) is 7.46. The molecule has 1 aromatic carbocycles. The molecule has 1 N–H and O–H groups in total. The van der Waals surface area contributed by atoms with Gasteiger partial charge >= 0.3 is 6.09 Å². The van der Waals surface area contributed by atoms with Gasteiger partial charge in [-0.2, -0.15) is 0 Å². The highest BCUT2D eigenvalue weighted by molar-refractivity contribution is 6.28. The molecule has 2 aliphatic rings. The molecule has 1 amide bonds. The van der Waals surface area contributed by atoms with E-state index in [1.807, 2.05) is 6.07 Å². The number of amides is 1. The van der Waals surface area contributed by atoms with Crippen LogP contribution in [-0.2, 0) is 26.1 Å². The predicted octanol–water partition coefficient (Wildman–Crippen LogP) is 2.69. The molecule has 118 valence electrons. The summed E-state index contributed by atoms with van der Waals surface area (Å²) < 4.78 is 0. The van der Waals surface area contributed by atoms with Crippen molar-refractivity contribution in [2.24, 2.45) is 0 Å². The second kappa shape index (κ2) is 5.38. The number of anilines is 1. The van der Waals surface area contributed by atoms with Crippen molar-refractivity contribution in [3.05, 3.63) is 51.9 Å². The van der Waals surface area contributed by atoms with Crippen molar-refractivity contribution in [3.63, 3.8) is 0 Å². The predicted molar refractivity (Wildman–Crippen MR) is 85.5 cm³/mol. The van der Waals surface area contributed by atoms with Gasteiger partial charge in [0.05, 0.1) is 18.8 Å². The molecule has 7 heteroatoms. The van der Waals surface area contributed by atoms with Gasteiger partial charge in [0.1, 0.15) is 5.82 Å². The van der Waals surface area contributed by atoms with Crippen LogP contribution in [0, 0.1) is 0 Å². The largest absolute Gasteiger partial charge is 0.465 e. The van der Waals surface area contributed by atoms with Gasteiger partial charge in [0.2, 0.25) is 5.28 Å². The zero-order chi connectivity index (χ0) is 16.0. The number of halogens is 1. The maximum Gasteiger partial charge on any atom is 0.407 e. The first-order chi connectivity index (χ1) is 11.1. The fourth-order valence-corrected chi connectivity index (χ4v) is 3.46. The molecule has 2 aromatic rings.